The van der Waals surface area contributed by atoms with Crippen LogP contribution in [0.3, 0.4) is 0 Å². The van der Waals surface area contributed by atoms with Gasteiger partial charge in [-0.2, -0.15) is 0 Å². The molecular formula is C34H34N2O. The van der Waals surface area contributed by atoms with Crippen LogP contribution in [0.1, 0.15) is 52.7 Å². The van der Waals surface area contributed by atoms with Crippen LogP contribution in [-0.2, 0) is 10.8 Å². The van der Waals surface area contributed by atoms with E-state index in [-0.39, 0.29) is 16.6 Å². The highest BCUT2D eigenvalue weighted by Gasteiger charge is 2.21. The molecule has 0 aliphatic carbocycles. The molecule has 0 atom stereocenters. The Labute approximate surface area is 219 Å². The van der Waals surface area contributed by atoms with Gasteiger partial charge in [-0.3, -0.25) is 4.98 Å². The maximum absolute atomic E-state index is 10.6. The number of aromatic nitrogens is 2. The number of phenols is 1. The summed E-state index contributed by atoms with van der Waals surface area (Å²) in [6.07, 6.45) is 1.85. The fourth-order valence-corrected chi connectivity index (χ4v) is 4.64. The van der Waals surface area contributed by atoms with E-state index in [4.69, 9.17) is 9.97 Å². The van der Waals surface area contributed by atoms with Gasteiger partial charge in [0.1, 0.15) is 5.75 Å². The molecule has 186 valence electrons. The molecule has 0 saturated heterocycles. The van der Waals surface area contributed by atoms with Crippen molar-refractivity contribution in [3.05, 3.63) is 102 Å². The summed E-state index contributed by atoms with van der Waals surface area (Å²) in [5.41, 5.74) is 8.96. The third-order valence-electron chi connectivity index (χ3n) is 6.91. The second-order valence-electron chi connectivity index (χ2n) is 11.8. The van der Waals surface area contributed by atoms with Crippen molar-refractivity contribution >= 4 is 10.9 Å². The molecule has 0 aliphatic heterocycles. The van der Waals surface area contributed by atoms with Crippen molar-refractivity contribution in [3.8, 4) is 39.4 Å². The van der Waals surface area contributed by atoms with Crippen molar-refractivity contribution in [2.75, 3.05) is 0 Å². The summed E-state index contributed by atoms with van der Waals surface area (Å²) >= 11 is 0. The normalized spacial score (nSPS) is 12.2. The minimum absolute atomic E-state index is 0.0507. The quantitative estimate of drug-likeness (QED) is 0.277. The number of phenolic OH excluding ortho intramolecular Hbond substituents is 1. The van der Waals surface area contributed by atoms with Crippen LogP contribution in [-0.4, -0.2) is 15.1 Å². The van der Waals surface area contributed by atoms with Gasteiger partial charge in [-0.1, -0.05) is 84.0 Å². The smallest absolute Gasteiger partial charge is 0.124 e. The lowest BCUT2D eigenvalue weighted by Crippen LogP contribution is -2.13. The third-order valence-corrected chi connectivity index (χ3v) is 6.91. The molecule has 2 aromatic heterocycles. The van der Waals surface area contributed by atoms with Crippen LogP contribution in [0.2, 0.25) is 0 Å². The summed E-state index contributed by atoms with van der Waals surface area (Å²) in [7, 11) is 0. The number of rotatable bonds is 3. The zero-order chi connectivity index (χ0) is 26.4. The van der Waals surface area contributed by atoms with E-state index in [0.29, 0.717) is 0 Å². The average Bonchev–Trinajstić information content (AvgIpc) is 2.87. The number of fused-ring (bicyclic) bond motifs is 1. The number of hydrogen-bond acceptors (Lipinski definition) is 3. The Morgan fingerprint density at radius 2 is 1.22 bits per heavy atom. The molecule has 37 heavy (non-hydrogen) atoms. The van der Waals surface area contributed by atoms with Crippen LogP contribution in [0, 0.1) is 0 Å². The van der Waals surface area contributed by atoms with Crippen LogP contribution in [0.4, 0.5) is 0 Å². The molecular weight excluding hydrogens is 452 g/mol. The van der Waals surface area contributed by atoms with Gasteiger partial charge in [0.15, 0.2) is 0 Å². The average molecular weight is 487 g/mol. The van der Waals surface area contributed by atoms with Crippen molar-refractivity contribution in [2.45, 2.75) is 52.4 Å². The highest BCUT2D eigenvalue weighted by molar-refractivity contribution is 5.94. The topological polar surface area (TPSA) is 46.0 Å². The minimum atomic E-state index is -0.0825. The van der Waals surface area contributed by atoms with Crippen LogP contribution < -0.4 is 0 Å². The first kappa shape index (κ1) is 24.7. The summed E-state index contributed by atoms with van der Waals surface area (Å²) in [6.45, 7) is 13.3. The Bertz CT molecular complexity index is 1600. The van der Waals surface area contributed by atoms with E-state index in [9.17, 15) is 5.11 Å². The van der Waals surface area contributed by atoms with E-state index < -0.39 is 0 Å². The van der Waals surface area contributed by atoms with Gasteiger partial charge in [-0.25, -0.2) is 4.98 Å². The number of benzene rings is 3. The fourth-order valence-electron chi connectivity index (χ4n) is 4.64. The molecule has 5 rings (SSSR count). The van der Waals surface area contributed by atoms with Crippen LogP contribution in [0.15, 0.2) is 91.1 Å². The monoisotopic (exact) mass is 486 g/mol. The van der Waals surface area contributed by atoms with E-state index in [1.54, 1.807) is 6.07 Å². The SMILES string of the molecule is CC(C)(C)c1cc(-c2cc(C(C)(C)C)cc(-c3ccccc3O)n2)cc(-c2cccc3cccnc23)c1. The van der Waals surface area contributed by atoms with Gasteiger partial charge in [0.25, 0.3) is 0 Å². The molecule has 0 amide bonds. The second-order valence-corrected chi connectivity index (χ2v) is 11.8. The second kappa shape index (κ2) is 9.15. The van der Waals surface area contributed by atoms with Crippen molar-refractivity contribution in [1.29, 1.82) is 0 Å². The zero-order valence-electron chi connectivity index (χ0n) is 22.5. The molecule has 0 radical (unpaired) electrons. The number of hydrogen-bond donors (Lipinski definition) is 1. The van der Waals surface area contributed by atoms with Gasteiger partial charge in [0.2, 0.25) is 0 Å². The number of aromatic hydroxyl groups is 1. The zero-order valence-corrected chi connectivity index (χ0v) is 22.5. The minimum Gasteiger partial charge on any atom is -0.507 e. The summed E-state index contributed by atoms with van der Waals surface area (Å²) in [4.78, 5) is 9.81. The van der Waals surface area contributed by atoms with Gasteiger partial charge in [0.05, 0.1) is 16.9 Å². The maximum atomic E-state index is 10.6. The molecule has 5 aromatic rings. The Morgan fingerprint density at radius 1 is 0.595 bits per heavy atom. The molecule has 0 bridgehead atoms. The lowest BCUT2D eigenvalue weighted by molar-refractivity contribution is 0.477. The van der Waals surface area contributed by atoms with Gasteiger partial charge in [-0.15, -0.1) is 0 Å². The van der Waals surface area contributed by atoms with Crippen LogP contribution >= 0.6 is 0 Å². The number of pyridine rings is 2. The molecule has 0 fully saturated rings. The molecule has 0 spiro atoms. The van der Waals surface area contributed by atoms with E-state index >= 15 is 0 Å². The lowest BCUT2D eigenvalue weighted by Gasteiger charge is -2.24. The summed E-state index contributed by atoms with van der Waals surface area (Å²) in [5.74, 6) is 0.234. The molecule has 0 aliphatic rings. The van der Waals surface area contributed by atoms with Gasteiger partial charge in [0, 0.05) is 28.3 Å². The number of nitrogens with zero attached hydrogens (tertiary/aromatic N) is 2. The highest BCUT2D eigenvalue weighted by Crippen LogP contribution is 2.38. The molecule has 3 aromatic carbocycles. The van der Waals surface area contributed by atoms with Gasteiger partial charge in [-0.05, 0) is 70.0 Å². The van der Waals surface area contributed by atoms with E-state index in [0.717, 1.165) is 44.5 Å². The van der Waals surface area contributed by atoms with Gasteiger partial charge < -0.3 is 5.11 Å². The Hall–Kier alpha value is -3.98. The Balaban J connectivity index is 1.78. The standard InChI is InChI=1S/C34H34N2O/c1-33(2,3)25-18-23(27-14-9-11-22-12-10-16-35-32(22)27)17-24(19-25)29-20-26(34(4,5)6)21-30(36-29)28-13-7-8-15-31(28)37/h7-21,37H,1-6H3. The highest BCUT2D eigenvalue weighted by atomic mass is 16.3. The first-order valence-electron chi connectivity index (χ1n) is 12.8. The maximum Gasteiger partial charge on any atom is 0.124 e. The van der Waals surface area contributed by atoms with Crippen molar-refractivity contribution in [1.82, 2.24) is 9.97 Å². The number of para-hydroxylation sites is 2. The molecule has 0 saturated carbocycles. The summed E-state index contributed by atoms with van der Waals surface area (Å²) < 4.78 is 0. The molecule has 1 N–H and O–H groups in total. The summed E-state index contributed by atoms with van der Waals surface area (Å²) in [6, 6.07) is 28.9. The van der Waals surface area contributed by atoms with Crippen LogP contribution in [0.25, 0.3) is 44.5 Å². The largest absolute Gasteiger partial charge is 0.507 e. The van der Waals surface area contributed by atoms with Crippen molar-refractivity contribution < 1.29 is 5.11 Å². The predicted octanol–water partition coefficient (Wildman–Crippen LogP) is 8.93. The first-order chi connectivity index (χ1) is 17.5. The van der Waals surface area contributed by atoms with Crippen molar-refractivity contribution in [3.63, 3.8) is 0 Å². The summed E-state index contributed by atoms with van der Waals surface area (Å²) in [5, 5.41) is 11.7. The molecule has 3 heteroatoms. The van der Waals surface area contributed by atoms with E-state index in [1.165, 1.54) is 11.1 Å². The lowest BCUT2D eigenvalue weighted by atomic mass is 9.82. The Kier molecular flexibility index (Phi) is 6.11. The van der Waals surface area contributed by atoms with E-state index in [1.807, 2.05) is 30.5 Å². The first-order valence-corrected chi connectivity index (χ1v) is 12.8. The van der Waals surface area contributed by atoms with E-state index in [2.05, 4.69) is 96.1 Å². The van der Waals surface area contributed by atoms with Gasteiger partial charge >= 0.3 is 0 Å². The van der Waals surface area contributed by atoms with Crippen molar-refractivity contribution in [2.24, 2.45) is 0 Å². The van der Waals surface area contributed by atoms with Crippen LogP contribution in [0.5, 0.6) is 5.75 Å². The molecule has 2 heterocycles. The Morgan fingerprint density at radius 3 is 1.95 bits per heavy atom. The fraction of sp³-hybridized carbons (Fsp3) is 0.235. The predicted molar refractivity (Wildman–Crippen MR) is 155 cm³/mol. The molecule has 0 unspecified atom stereocenters. The molecule has 3 nitrogen and oxygen atoms in total. The third kappa shape index (κ3) is 4.99.